The molecule has 0 aromatic heterocycles. The van der Waals surface area contributed by atoms with E-state index in [1.54, 1.807) is 0 Å². The summed E-state index contributed by atoms with van der Waals surface area (Å²) in [4.78, 5) is 2.71. The van der Waals surface area contributed by atoms with Crippen molar-refractivity contribution in [3.63, 3.8) is 0 Å². The first-order valence-corrected chi connectivity index (χ1v) is 8.85. The van der Waals surface area contributed by atoms with E-state index in [0.717, 1.165) is 18.5 Å². The van der Waals surface area contributed by atoms with Crippen molar-refractivity contribution in [1.82, 2.24) is 4.90 Å². The molecule has 2 rings (SSSR count). The van der Waals surface area contributed by atoms with Crippen molar-refractivity contribution >= 4 is 0 Å². The van der Waals surface area contributed by atoms with Crippen molar-refractivity contribution in [3.8, 4) is 0 Å². The van der Waals surface area contributed by atoms with Crippen molar-refractivity contribution in [2.75, 3.05) is 13.6 Å². The Bertz CT molecular complexity index is 303. The lowest BCUT2D eigenvalue weighted by atomic mass is 9.70. The second-order valence-electron chi connectivity index (χ2n) is 8.31. The molecule has 2 saturated carbocycles. The minimum absolute atomic E-state index is 0.297. The van der Waals surface area contributed by atoms with Crippen LogP contribution in [0.15, 0.2) is 0 Å². The van der Waals surface area contributed by atoms with Crippen LogP contribution in [0, 0.1) is 11.3 Å². The molecule has 0 spiro atoms. The zero-order chi connectivity index (χ0) is 14.8. The molecule has 0 bridgehead atoms. The molecule has 0 aliphatic heterocycles. The Labute approximate surface area is 126 Å². The van der Waals surface area contributed by atoms with Crippen molar-refractivity contribution in [2.45, 2.75) is 90.1 Å². The van der Waals surface area contributed by atoms with Gasteiger partial charge < -0.3 is 5.73 Å². The maximum Gasteiger partial charge on any atom is 0.0334 e. The largest absolute Gasteiger partial charge is 0.329 e. The van der Waals surface area contributed by atoms with Crippen LogP contribution in [0.1, 0.15) is 78.6 Å². The van der Waals surface area contributed by atoms with Gasteiger partial charge in [-0.2, -0.15) is 0 Å². The average Bonchev–Trinajstić information content (AvgIpc) is 2.46. The third-order valence-corrected chi connectivity index (χ3v) is 6.49. The van der Waals surface area contributed by atoms with Crippen LogP contribution in [0.2, 0.25) is 0 Å². The molecular formula is C18H36N2. The second-order valence-corrected chi connectivity index (χ2v) is 8.31. The van der Waals surface area contributed by atoms with E-state index in [-0.39, 0.29) is 0 Å². The van der Waals surface area contributed by atoms with Gasteiger partial charge in [0.25, 0.3) is 0 Å². The van der Waals surface area contributed by atoms with Crippen LogP contribution in [0.25, 0.3) is 0 Å². The van der Waals surface area contributed by atoms with E-state index in [0.29, 0.717) is 11.0 Å². The lowest BCUT2D eigenvalue weighted by Gasteiger charge is -2.51. The van der Waals surface area contributed by atoms with Gasteiger partial charge in [-0.15, -0.1) is 0 Å². The van der Waals surface area contributed by atoms with E-state index >= 15 is 0 Å². The van der Waals surface area contributed by atoms with Crippen LogP contribution in [0.4, 0.5) is 0 Å². The van der Waals surface area contributed by atoms with E-state index < -0.39 is 0 Å². The highest BCUT2D eigenvalue weighted by molar-refractivity contribution is 4.98. The van der Waals surface area contributed by atoms with Crippen LogP contribution < -0.4 is 5.73 Å². The molecule has 2 aliphatic rings. The Balaban J connectivity index is 2.03. The molecule has 2 aliphatic carbocycles. The van der Waals surface area contributed by atoms with E-state index in [1.807, 2.05) is 0 Å². The molecule has 2 unspecified atom stereocenters. The number of likely N-dealkylation sites (N-methyl/N-ethyl adjacent to an activating group) is 1. The number of nitrogens with zero attached hydrogens (tertiary/aromatic N) is 1. The van der Waals surface area contributed by atoms with Crippen LogP contribution in [-0.4, -0.2) is 30.1 Å². The summed E-state index contributed by atoms with van der Waals surface area (Å²) in [5.74, 6) is 0.898. The molecule has 0 heterocycles. The fraction of sp³-hybridized carbons (Fsp3) is 1.00. The van der Waals surface area contributed by atoms with Crippen molar-refractivity contribution in [1.29, 1.82) is 0 Å². The summed E-state index contributed by atoms with van der Waals surface area (Å²) >= 11 is 0. The molecule has 20 heavy (non-hydrogen) atoms. The first kappa shape index (κ1) is 16.3. The molecule has 2 fully saturated rings. The molecule has 2 atom stereocenters. The predicted molar refractivity (Wildman–Crippen MR) is 87.8 cm³/mol. The summed E-state index contributed by atoms with van der Waals surface area (Å²) in [6, 6.07) is 0.766. The first-order chi connectivity index (χ1) is 9.42. The summed E-state index contributed by atoms with van der Waals surface area (Å²) in [6.45, 7) is 8.05. The first-order valence-electron chi connectivity index (χ1n) is 8.85. The quantitative estimate of drug-likeness (QED) is 0.837. The van der Waals surface area contributed by atoms with Crippen molar-refractivity contribution < 1.29 is 0 Å². The Kier molecular flexibility index (Phi) is 5.18. The van der Waals surface area contributed by atoms with Gasteiger partial charge in [-0.3, -0.25) is 4.90 Å². The van der Waals surface area contributed by atoms with Gasteiger partial charge in [0.15, 0.2) is 0 Å². The summed E-state index contributed by atoms with van der Waals surface area (Å²) in [5, 5.41) is 0. The summed E-state index contributed by atoms with van der Waals surface area (Å²) in [5.41, 5.74) is 7.13. The van der Waals surface area contributed by atoms with Crippen LogP contribution in [-0.2, 0) is 0 Å². The van der Waals surface area contributed by atoms with Gasteiger partial charge in [0.1, 0.15) is 0 Å². The molecule has 0 saturated heterocycles. The topological polar surface area (TPSA) is 29.3 Å². The third-order valence-electron chi connectivity index (χ3n) is 6.49. The zero-order valence-corrected chi connectivity index (χ0v) is 14.3. The van der Waals surface area contributed by atoms with E-state index in [9.17, 15) is 0 Å². The number of hydrogen-bond donors (Lipinski definition) is 1. The lowest BCUT2D eigenvalue weighted by Crippen LogP contribution is -2.58. The lowest BCUT2D eigenvalue weighted by molar-refractivity contribution is -0.00149. The Morgan fingerprint density at radius 1 is 1.10 bits per heavy atom. The second kappa shape index (κ2) is 6.36. The van der Waals surface area contributed by atoms with Gasteiger partial charge in [0, 0.05) is 18.1 Å². The molecule has 0 aromatic rings. The highest BCUT2D eigenvalue weighted by Gasteiger charge is 2.42. The molecule has 2 N–H and O–H groups in total. The maximum absolute atomic E-state index is 6.27. The molecule has 0 radical (unpaired) electrons. The van der Waals surface area contributed by atoms with Crippen molar-refractivity contribution in [3.05, 3.63) is 0 Å². The normalized spacial score (nSPS) is 35.4. The van der Waals surface area contributed by atoms with Crippen LogP contribution in [0.3, 0.4) is 0 Å². The van der Waals surface area contributed by atoms with Gasteiger partial charge in [-0.25, -0.2) is 0 Å². The van der Waals surface area contributed by atoms with Gasteiger partial charge in [0.2, 0.25) is 0 Å². The number of nitrogens with two attached hydrogens (primary N) is 1. The maximum atomic E-state index is 6.27. The van der Waals surface area contributed by atoms with Crippen molar-refractivity contribution in [2.24, 2.45) is 17.1 Å². The Morgan fingerprint density at radius 3 is 2.30 bits per heavy atom. The Hall–Kier alpha value is -0.0800. The SMILES string of the molecule is CCC1CCCC(CN)(N(C)C2CCC(C)(C)CC2)C1. The van der Waals surface area contributed by atoms with E-state index in [1.165, 1.54) is 57.8 Å². The van der Waals surface area contributed by atoms with Gasteiger partial charge in [-0.05, 0) is 56.9 Å². The molecule has 118 valence electrons. The summed E-state index contributed by atoms with van der Waals surface area (Å²) in [7, 11) is 2.37. The monoisotopic (exact) mass is 280 g/mol. The molecular weight excluding hydrogens is 244 g/mol. The van der Waals surface area contributed by atoms with E-state index in [4.69, 9.17) is 5.73 Å². The average molecular weight is 281 g/mol. The molecule has 2 nitrogen and oxygen atoms in total. The minimum Gasteiger partial charge on any atom is -0.329 e. The Morgan fingerprint density at radius 2 is 1.75 bits per heavy atom. The summed E-state index contributed by atoms with van der Waals surface area (Å²) in [6.07, 6.45) is 12.2. The van der Waals surface area contributed by atoms with Gasteiger partial charge in [-0.1, -0.05) is 40.0 Å². The highest BCUT2D eigenvalue weighted by Crippen LogP contribution is 2.42. The standard InChI is InChI=1S/C18H36N2/c1-5-15-7-6-10-18(13-15,14-19)20(4)16-8-11-17(2,3)12-9-16/h15-16H,5-14,19H2,1-4H3. The third kappa shape index (κ3) is 3.39. The predicted octanol–water partition coefficient (Wildman–Crippen LogP) is 4.18. The fourth-order valence-electron chi connectivity index (χ4n) is 4.62. The van der Waals surface area contributed by atoms with Gasteiger partial charge >= 0.3 is 0 Å². The van der Waals surface area contributed by atoms with Crippen LogP contribution in [0.5, 0.6) is 0 Å². The van der Waals surface area contributed by atoms with E-state index in [2.05, 4.69) is 32.7 Å². The highest BCUT2D eigenvalue weighted by atomic mass is 15.2. The zero-order valence-electron chi connectivity index (χ0n) is 14.3. The fourth-order valence-corrected chi connectivity index (χ4v) is 4.62. The minimum atomic E-state index is 0.297. The molecule has 2 heteroatoms. The number of hydrogen-bond acceptors (Lipinski definition) is 2. The summed E-state index contributed by atoms with van der Waals surface area (Å²) < 4.78 is 0. The van der Waals surface area contributed by atoms with Crippen LogP contribution >= 0.6 is 0 Å². The van der Waals surface area contributed by atoms with Gasteiger partial charge in [0.05, 0.1) is 0 Å². The molecule has 0 aromatic carbocycles. The number of rotatable bonds is 4. The smallest absolute Gasteiger partial charge is 0.0334 e. The molecule has 0 amide bonds.